The van der Waals surface area contributed by atoms with E-state index in [1.807, 2.05) is 19.2 Å². The van der Waals surface area contributed by atoms with E-state index in [0.29, 0.717) is 6.42 Å². The van der Waals surface area contributed by atoms with Crippen molar-refractivity contribution in [2.45, 2.75) is 37.6 Å². The van der Waals surface area contributed by atoms with Crippen LogP contribution in [0.1, 0.15) is 37.7 Å². The Kier molecular flexibility index (Phi) is 4.99. The molecule has 1 aromatic carbocycles. The summed E-state index contributed by atoms with van der Waals surface area (Å²) in [6.07, 6.45) is 4.75. The minimum Gasteiger partial charge on any atom is -0.347 e. The van der Waals surface area contributed by atoms with E-state index in [0.717, 1.165) is 30.3 Å². The summed E-state index contributed by atoms with van der Waals surface area (Å²) < 4.78 is 1.07. The minimum absolute atomic E-state index is 0.124. The van der Waals surface area contributed by atoms with Crippen LogP contribution < -0.4 is 10.6 Å². The average Bonchev–Trinajstić information content (AvgIpc) is 2.34. The fraction of sp³-hybridized carbons (Fsp3) is 0.533. The van der Waals surface area contributed by atoms with E-state index in [2.05, 4.69) is 38.7 Å². The Hall–Kier alpha value is -0.870. The van der Waals surface area contributed by atoms with Crippen LogP contribution in [-0.2, 0) is 10.3 Å². The van der Waals surface area contributed by atoms with Crippen molar-refractivity contribution >= 4 is 21.8 Å². The molecule has 1 saturated carbocycles. The smallest absolute Gasteiger partial charge is 0.220 e. The fourth-order valence-electron chi connectivity index (χ4n) is 2.56. The maximum absolute atomic E-state index is 12.0. The number of carbonyl (C=O) groups excluding carboxylic acids is 1. The monoisotopic (exact) mass is 324 g/mol. The number of halogens is 1. The second kappa shape index (κ2) is 6.53. The van der Waals surface area contributed by atoms with Crippen molar-refractivity contribution in [2.24, 2.45) is 0 Å². The molecule has 1 amide bonds. The highest BCUT2D eigenvalue weighted by atomic mass is 79.9. The highest BCUT2D eigenvalue weighted by molar-refractivity contribution is 9.10. The molecule has 0 aliphatic heterocycles. The predicted octanol–water partition coefficient (Wildman–Crippen LogP) is 2.94. The number of carbonyl (C=O) groups is 1. The molecule has 3 nitrogen and oxygen atoms in total. The van der Waals surface area contributed by atoms with Crippen molar-refractivity contribution in [3.63, 3.8) is 0 Å². The molecule has 0 saturated heterocycles. The van der Waals surface area contributed by atoms with E-state index in [9.17, 15) is 4.79 Å². The minimum atomic E-state index is -0.124. The van der Waals surface area contributed by atoms with Crippen LogP contribution in [0.25, 0.3) is 0 Å². The Bertz CT molecular complexity index is 444. The van der Waals surface area contributed by atoms with E-state index in [4.69, 9.17) is 0 Å². The summed E-state index contributed by atoms with van der Waals surface area (Å²) in [6, 6.07) is 8.28. The van der Waals surface area contributed by atoms with Crippen molar-refractivity contribution in [1.82, 2.24) is 10.6 Å². The van der Waals surface area contributed by atoms with Gasteiger partial charge < -0.3 is 10.6 Å². The number of hydrogen-bond donors (Lipinski definition) is 2. The molecule has 0 bridgehead atoms. The fourth-order valence-corrected chi connectivity index (χ4v) is 2.96. The van der Waals surface area contributed by atoms with Gasteiger partial charge in [0.15, 0.2) is 0 Å². The van der Waals surface area contributed by atoms with Crippen LogP contribution in [0, 0.1) is 0 Å². The quantitative estimate of drug-likeness (QED) is 0.790. The van der Waals surface area contributed by atoms with Gasteiger partial charge in [0, 0.05) is 10.9 Å². The second-order valence-corrected chi connectivity index (χ2v) is 6.12. The Morgan fingerprint density at radius 3 is 2.79 bits per heavy atom. The lowest BCUT2D eigenvalue weighted by molar-refractivity contribution is -0.124. The van der Waals surface area contributed by atoms with Gasteiger partial charge in [0.1, 0.15) is 0 Å². The number of rotatable bonds is 6. The third-order valence-electron chi connectivity index (χ3n) is 3.79. The van der Waals surface area contributed by atoms with Gasteiger partial charge in [-0.2, -0.15) is 0 Å². The van der Waals surface area contributed by atoms with Gasteiger partial charge in [-0.05, 0) is 57.0 Å². The van der Waals surface area contributed by atoms with Crippen molar-refractivity contribution in [3.8, 4) is 0 Å². The van der Waals surface area contributed by atoms with Crippen LogP contribution in [0.3, 0.4) is 0 Å². The Morgan fingerprint density at radius 1 is 1.42 bits per heavy atom. The van der Waals surface area contributed by atoms with Gasteiger partial charge >= 0.3 is 0 Å². The lowest BCUT2D eigenvalue weighted by Gasteiger charge is -2.43. The molecule has 0 aromatic heterocycles. The third-order valence-corrected chi connectivity index (χ3v) is 4.29. The molecule has 19 heavy (non-hydrogen) atoms. The first-order valence-electron chi connectivity index (χ1n) is 6.88. The molecule has 104 valence electrons. The van der Waals surface area contributed by atoms with Gasteiger partial charge in [-0.25, -0.2) is 0 Å². The van der Waals surface area contributed by atoms with E-state index < -0.39 is 0 Å². The zero-order valence-corrected chi connectivity index (χ0v) is 12.9. The maximum Gasteiger partial charge on any atom is 0.220 e. The summed E-state index contributed by atoms with van der Waals surface area (Å²) >= 11 is 3.50. The molecule has 0 spiro atoms. The van der Waals surface area contributed by atoms with Crippen LogP contribution in [0.4, 0.5) is 0 Å². The molecule has 4 heteroatoms. The second-order valence-electron chi connectivity index (χ2n) is 5.20. The molecule has 0 radical (unpaired) electrons. The molecule has 1 aliphatic carbocycles. The number of nitrogens with one attached hydrogen (secondary N) is 2. The molecular formula is C15H21BrN2O. The van der Waals surface area contributed by atoms with Crippen LogP contribution in [-0.4, -0.2) is 19.5 Å². The predicted molar refractivity (Wildman–Crippen MR) is 81.0 cm³/mol. The Labute approximate surface area is 123 Å². The summed E-state index contributed by atoms with van der Waals surface area (Å²) in [7, 11) is 1.91. The highest BCUT2D eigenvalue weighted by Gasteiger charge is 2.39. The molecule has 1 aromatic rings. The van der Waals surface area contributed by atoms with Gasteiger partial charge in [-0.1, -0.05) is 28.1 Å². The summed E-state index contributed by atoms with van der Waals surface area (Å²) in [4.78, 5) is 12.0. The largest absolute Gasteiger partial charge is 0.347 e. The first-order chi connectivity index (χ1) is 9.16. The van der Waals surface area contributed by atoms with Gasteiger partial charge in [0.2, 0.25) is 5.91 Å². The van der Waals surface area contributed by atoms with Crippen molar-refractivity contribution in [2.75, 3.05) is 13.6 Å². The van der Waals surface area contributed by atoms with Gasteiger partial charge in [0.25, 0.3) is 0 Å². The average molecular weight is 325 g/mol. The van der Waals surface area contributed by atoms with E-state index >= 15 is 0 Å². The first-order valence-corrected chi connectivity index (χ1v) is 7.67. The normalized spacial score (nSPS) is 16.7. The summed E-state index contributed by atoms with van der Waals surface area (Å²) in [6.45, 7) is 0.886. The molecule has 2 N–H and O–H groups in total. The number of benzene rings is 1. The Balaban J connectivity index is 2.01. The lowest BCUT2D eigenvalue weighted by atomic mass is 9.71. The topological polar surface area (TPSA) is 41.1 Å². The lowest BCUT2D eigenvalue weighted by Crippen LogP contribution is -2.50. The summed E-state index contributed by atoms with van der Waals surface area (Å²) in [5, 5.41) is 6.31. The van der Waals surface area contributed by atoms with Crippen LogP contribution in [0.5, 0.6) is 0 Å². The standard InChI is InChI=1S/C15H21BrN2O/c1-17-10-3-7-14(19)18-15(8-4-9-15)12-5-2-6-13(16)11-12/h2,5-6,11,17H,3-4,7-10H2,1H3,(H,18,19). The first kappa shape index (κ1) is 14.5. The van der Waals surface area contributed by atoms with Gasteiger partial charge in [0.05, 0.1) is 5.54 Å². The molecular weight excluding hydrogens is 304 g/mol. The molecule has 1 aliphatic rings. The third kappa shape index (κ3) is 3.57. The maximum atomic E-state index is 12.0. The Morgan fingerprint density at radius 2 is 2.21 bits per heavy atom. The summed E-state index contributed by atoms with van der Waals surface area (Å²) in [5.41, 5.74) is 1.09. The summed E-state index contributed by atoms with van der Waals surface area (Å²) in [5.74, 6) is 0.162. The zero-order valence-electron chi connectivity index (χ0n) is 11.3. The molecule has 0 heterocycles. The molecule has 1 fully saturated rings. The van der Waals surface area contributed by atoms with Crippen molar-refractivity contribution in [3.05, 3.63) is 34.3 Å². The van der Waals surface area contributed by atoms with E-state index in [1.165, 1.54) is 12.0 Å². The van der Waals surface area contributed by atoms with Gasteiger partial charge in [-0.3, -0.25) is 4.79 Å². The van der Waals surface area contributed by atoms with Crippen LogP contribution >= 0.6 is 15.9 Å². The van der Waals surface area contributed by atoms with E-state index in [-0.39, 0.29) is 11.4 Å². The number of amides is 1. The van der Waals surface area contributed by atoms with Gasteiger partial charge in [-0.15, -0.1) is 0 Å². The molecule has 2 rings (SSSR count). The van der Waals surface area contributed by atoms with E-state index in [1.54, 1.807) is 0 Å². The molecule has 0 atom stereocenters. The number of hydrogen-bond acceptors (Lipinski definition) is 2. The van der Waals surface area contributed by atoms with Crippen molar-refractivity contribution < 1.29 is 4.79 Å². The zero-order chi connectivity index (χ0) is 13.7. The van der Waals surface area contributed by atoms with Crippen LogP contribution in [0.2, 0.25) is 0 Å². The van der Waals surface area contributed by atoms with Crippen molar-refractivity contribution in [1.29, 1.82) is 0 Å². The molecule has 0 unspecified atom stereocenters. The SMILES string of the molecule is CNCCCC(=O)NC1(c2cccc(Br)c2)CCC1. The van der Waals surface area contributed by atoms with Crippen LogP contribution in [0.15, 0.2) is 28.7 Å². The highest BCUT2D eigenvalue weighted by Crippen LogP contribution is 2.41.